The van der Waals surface area contributed by atoms with Crippen LogP contribution in [-0.2, 0) is 4.79 Å². The van der Waals surface area contributed by atoms with Gasteiger partial charge in [-0.05, 0) is 12.3 Å². The van der Waals surface area contributed by atoms with Crippen molar-refractivity contribution in [3.8, 4) is 0 Å². The molecule has 0 aromatic carbocycles. The maximum Gasteiger partial charge on any atom is 0.150 e. The van der Waals surface area contributed by atoms with Crippen LogP contribution in [0.15, 0.2) is 0 Å². The van der Waals surface area contributed by atoms with E-state index in [9.17, 15) is 4.79 Å². The third kappa shape index (κ3) is 2.99. The molecular formula is C10H17NOS. The number of Topliss-reactive ketones (excluding diaryl/α,β-unsaturated/α-hetero) is 1. The largest absolute Gasteiger partial charge is 0.306 e. The van der Waals surface area contributed by atoms with Gasteiger partial charge in [0.2, 0.25) is 0 Å². The Hall–Kier alpha value is -0.0200. The minimum Gasteiger partial charge on any atom is -0.306 e. The zero-order chi connectivity index (χ0) is 9.10. The second-order valence-electron chi connectivity index (χ2n) is 4.03. The van der Waals surface area contributed by atoms with Crippen molar-refractivity contribution in [3.05, 3.63) is 0 Å². The van der Waals surface area contributed by atoms with Crippen LogP contribution in [0.2, 0.25) is 0 Å². The van der Waals surface area contributed by atoms with E-state index in [4.69, 9.17) is 0 Å². The molecule has 0 bridgehead atoms. The summed E-state index contributed by atoms with van der Waals surface area (Å²) in [5, 5.41) is 3.29. The average Bonchev–Trinajstić information content (AvgIpc) is 2.99. The molecule has 1 saturated heterocycles. The van der Waals surface area contributed by atoms with Crippen LogP contribution in [-0.4, -0.2) is 29.9 Å². The number of carbonyl (C=O) groups excluding carboxylic acids is 1. The minimum absolute atomic E-state index is 0.164. The number of ketones is 1. The lowest BCUT2D eigenvalue weighted by Gasteiger charge is -2.21. The number of hydrogen-bond donors (Lipinski definition) is 1. The van der Waals surface area contributed by atoms with Gasteiger partial charge in [0.25, 0.3) is 0 Å². The van der Waals surface area contributed by atoms with E-state index in [1.165, 1.54) is 12.8 Å². The highest BCUT2D eigenvalue weighted by molar-refractivity contribution is 7.99. The van der Waals surface area contributed by atoms with Gasteiger partial charge in [0.05, 0.1) is 6.04 Å². The molecule has 1 unspecified atom stereocenters. The Morgan fingerprint density at radius 1 is 1.46 bits per heavy atom. The van der Waals surface area contributed by atoms with E-state index in [1.807, 2.05) is 11.8 Å². The lowest BCUT2D eigenvalue weighted by Crippen LogP contribution is -2.43. The third-order valence-corrected chi connectivity index (χ3v) is 3.87. The summed E-state index contributed by atoms with van der Waals surface area (Å²) < 4.78 is 0. The van der Waals surface area contributed by atoms with Gasteiger partial charge in [-0.15, -0.1) is 0 Å². The predicted molar refractivity (Wildman–Crippen MR) is 56.1 cm³/mol. The Balaban J connectivity index is 1.67. The molecule has 0 spiro atoms. The predicted octanol–water partition coefficient (Wildman–Crippen LogP) is 1.45. The molecule has 0 radical (unpaired) electrons. The van der Waals surface area contributed by atoms with Gasteiger partial charge in [-0.25, -0.2) is 0 Å². The smallest absolute Gasteiger partial charge is 0.150 e. The molecule has 1 aliphatic carbocycles. The van der Waals surface area contributed by atoms with Gasteiger partial charge >= 0.3 is 0 Å². The molecule has 3 heteroatoms. The molecule has 1 N–H and O–H groups in total. The lowest BCUT2D eigenvalue weighted by molar-refractivity contribution is -0.120. The quantitative estimate of drug-likeness (QED) is 0.743. The number of carbonyl (C=O) groups is 1. The minimum atomic E-state index is 0.164. The number of hydrogen-bond acceptors (Lipinski definition) is 3. The van der Waals surface area contributed by atoms with E-state index in [0.29, 0.717) is 5.78 Å². The summed E-state index contributed by atoms with van der Waals surface area (Å²) in [6.45, 7) is 1.00. The zero-order valence-electron chi connectivity index (χ0n) is 7.92. The Bertz CT molecular complexity index is 185. The standard InChI is InChI=1S/C10H17NOS/c12-10(4-3-8-1-2-8)9-7-13-6-5-11-9/h8-9,11H,1-7H2. The van der Waals surface area contributed by atoms with E-state index in [-0.39, 0.29) is 6.04 Å². The molecule has 2 fully saturated rings. The summed E-state index contributed by atoms with van der Waals surface area (Å²) in [7, 11) is 0. The maximum atomic E-state index is 11.7. The molecule has 2 rings (SSSR count). The maximum absolute atomic E-state index is 11.7. The molecule has 1 aliphatic heterocycles. The highest BCUT2D eigenvalue weighted by Gasteiger charge is 2.25. The molecule has 1 heterocycles. The SMILES string of the molecule is O=C(CCC1CC1)C1CSCCN1. The van der Waals surface area contributed by atoms with Crippen molar-refractivity contribution in [2.45, 2.75) is 31.7 Å². The van der Waals surface area contributed by atoms with E-state index in [0.717, 1.165) is 36.8 Å². The van der Waals surface area contributed by atoms with Crippen LogP contribution in [0.3, 0.4) is 0 Å². The summed E-state index contributed by atoms with van der Waals surface area (Å²) in [4.78, 5) is 11.7. The number of rotatable bonds is 4. The van der Waals surface area contributed by atoms with Crippen LogP contribution in [0.25, 0.3) is 0 Å². The highest BCUT2D eigenvalue weighted by atomic mass is 32.2. The molecular weight excluding hydrogens is 182 g/mol. The van der Waals surface area contributed by atoms with Gasteiger partial charge < -0.3 is 5.32 Å². The Kier molecular flexibility index (Phi) is 3.28. The van der Waals surface area contributed by atoms with Gasteiger partial charge in [0, 0.05) is 24.5 Å². The van der Waals surface area contributed by atoms with Crippen LogP contribution in [0.1, 0.15) is 25.7 Å². The van der Waals surface area contributed by atoms with Gasteiger partial charge in [-0.2, -0.15) is 11.8 Å². The van der Waals surface area contributed by atoms with Crippen molar-refractivity contribution in [2.24, 2.45) is 5.92 Å². The van der Waals surface area contributed by atoms with Crippen LogP contribution >= 0.6 is 11.8 Å². The van der Waals surface area contributed by atoms with Crippen molar-refractivity contribution >= 4 is 17.5 Å². The second kappa shape index (κ2) is 4.47. The molecule has 0 aromatic heterocycles. The van der Waals surface area contributed by atoms with Crippen molar-refractivity contribution in [3.63, 3.8) is 0 Å². The van der Waals surface area contributed by atoms with Crippen LogP contribution in [0, 0.1) is 5.92 Å². The first kappa shape index (κ1) is 9.53. The second-order valence-corrected chi connectivity index (χ2v) is 5.18. The van der Waals surface area contributed by atoms with E-state index >= 15 is 0 Å². The normalized spacial score (nSPS) is 28.8. The molecule has 1 atom stereocenters. The first-order valence-corrected chi connectivity index (χ1v) is 6.35. The molecule has 2 aliphatic rings. The van der Waals surface area contributed by atoms with Gasteiger partial charge in [0.1, 0.15) is 0 Å². The summed E-state index contributed by atoms with van der Waals surface area (Å²) >= 11 is 1.90. The number of thioether (sulfide) groups is 1. The topological polar surface area (TPSA) is 29.1 Å². The molecule has 74 valence electrons. The van der Waals surface area contributed by atoms with Crippen molar-refractivity contribution < 1.29 is 4.79 Å². The monoisotopic (exact) mass is 199 g/mol. The third-order valence-electron chi connectivity index (χ3n) is 2.81. The fourth-order valence-corrected chi connectivity index (χ4v) is 2.67. The summed E-state index contributed by atoms with van der Waals surface area (Å²) in [6, 6.07) is 0.164. The van der Waals surface area contributed by atoms with Crippen LogP contribution in [0.5, 0.6) is 0 Å². The van der Waals surface area contributed by atoms with Crippen molar-refractivity contribution in [2.75, 3.05) is 18.1 Å². The fourth-order valence-electron chi connectivity index (χ4n) is 1.70. The molecule has 2 nitrogen and oxygen atoms in total. The van der Waals surface area contributed by atoms with E-state index < -0.39 is 0 Å². The van der Waals surface area contributed by atoms with Crippen LogP contribution in [0.4, 0.5) is 0 Å². The lowest BCUT2D eigenvalue weighted by atomic mass is 10.1. The highest BCUT2D eigenvalue weighted by Crippen LogP contribution is 2.33. The Morgan fingerprint density at radius 3 is 2.92 bits per heavy atom. The number of nitrogens with one attached hydrogen (secondary N) is 1. The zero-order valence-corrected chi connectivity index (χ0v) is 8.74. The first-order chi connectivity index (χ1) is 6.36. The van der Waals surface area contributed by atoms with Crippen molar-refractivity contribution in [1.29, 1.82) is 0 Å². The fraction of sp³-hybridized carbons (Fsp3) is 0.900. The Morgan fingerprint density at radius 2 is 2.31 bits per heavy atom. The molecule has 1 saturated carbocycles. The van der Waals surface area contributed by atoms with Gasteiger partial charge in [-0.3, -0.25) is 4.79 Å². The van der Waals surface area contributed by atoms with Gasteiger partial charge in [0.15, 0.2) is 5.78 Å². The summed E-state index contributed by atoms with van der Waals surface area (Å²) in [6.07, 6.45) is 4.67. The van der Waals surface area contributed by atoms with Gasteiger partial charge in [-0.1, -0.05) is 12.8 Å². The summed E-state index contributed by atoms with van der Waals surface area (Å²) in [5.74, 6) is 3.48. The average molecular weight is 199 g/mol. The molecule has 0 amide bonds. The van der Waals surface area contributed by atoms with E-state index in [2.05, 4.69) is 5.32 Å². The molecule has 13 heavy (non-hydrogen) atoms. The first-order valence-electron chi connectivity index (χ1n) is 5.20. The summed E-state index contributed by atoms with van der Waals surface area (Å²) in [5.41, 5.74) is 0. The Labute approximate surface area is 83.8 Å². The van der Waals surface area contributed by atoms with Crippen molar-refractivity contribution in [1.82, 2.24) is 5.32 Å². The van der Waals surface area contributed by atoms with E-state index in [1.54, 1.807) is 0 Å². The van der Waals surface area contributed by atoms with Crippen LogP contribution < -0.4 is 5.32 Å². The molecule has 0 aromatic rings.